The van der Waals surface area contributed by atoms with Gasteiger partial charge in [-0.15, -0.1) is 32.9 Å². The van der Waals surface area contributed by atoms with Crippen LogP contribution in [0, 0.1) is 6.92 Å². The molecule has 1 amide bonds. The molecule has 6 nitrogen and oxygen atoms in total. The number of hydrogen-bond acceptors (Lipinski definition) is 9. The number of carbonyl (C=O) groups is 1. The Kier molecular flexibility index (Phi) is 4.75. The van der Waals surface area contributed by atoms with Crippen molar-refractivity contribution >= 4 is 67.0 Å². The largest absolute Gasteiger partial charge is 0.294 e. The molecule has 0 aliphatic rings. The lowest BCUT2D eigenvalue weighted by Crippen LogP contribution is -2.11. The number of rotatable bonds is 5. The molecule has 3 aromatic heterocycles. The van der Waals surface area contributed by atoms with Gasteiger partial charge in [0.25, 0.3) is 5.91 Å². The number of nitrogens with one attached hydrogen (secondary N) is 1. The first-order chi connectivity index (χ1) is 12.2. The van der Waals surface area contributed by atoms with Crippen molar-refractivity contribution in [2.24, 2.45) is 0 Å². The van der Waals surface area contributed by atoms with Crippen molar-refractivity contribution in [1.82, 2.24) is 20.2 Å². The summed E-state index contributed by atoms with van der Waals surface area (Å²) in [5, 5.41) is 14.9. The van der Waals surface area contributed by atoms with Gasteiger partial charge in [-0.2, -0.15) is 0 Å². The fourth-order valence-corrected chi connectivity index (χ4v) is 5.27. The van der Waals surface area contributed by atoms with Crippen molar-refractivity contribution < 1.29 is 4.79 Å². The third kappa shape index (κ3) is 3.87. The van der Waals surface area contributed by atoms with Crippen molar-refractivity contribution in [2.45, 2.75) is 17.0 Å². The fourth-order valence-electron chi connectivity index (χ4n) is 2.05. The van der Waals surface area contributed by atoms with E-state index in [0.29, 0.717) is 10.1 Å². The van der Waals surface area contributed by atoms with Crippen molar-refractivity contribution in [2.75, 3.05) is 5.32 Å². The maximum atomic E-state index is 12.3. The quantitative estimate of drug-likeness (QED) is 0.390. The number of hydrogen-bond donors (Lipinski definition) is 1. The van der Waals surface area contributed by atoms with E-state index in [2.05, 4.69) is 25.5 Å². The van der Waals surface area contributed by atoms with Crippen LogP contribution >= 0.6 is 45.8 Å². The van der Waals surface area contributed by atoms with E-state index in [1.807, 2.05) is 36.6 Å². The van der Waals surface area contributed by atoms with E-state index in [9.17, 15) is 4.79 Å². The Morgan fingerprint density at radius 2 is 2.08 bits per heavy atom. The lowest BCUT2D eigenvalue weighted by atomic mass is 10.3. The van der Waals surface area contributed by atoms with Crippen LogP contribution in [-0.2, 0) is 5.75 Å². The molecule has 0 saturated heterocycles. The first-order valence-electron chi connectivity index (χ1n) is 7.21. The summed E-state index contributed by atoms with van der Waals surface area (Å²) in [6.07, 6.45) is 0. The number of benzene rings is 1. The number of aromatic nitrogens is 4. The molecule has 10 heteroatoms. The highest BCUT2D eigenvalue weighted by molar-refractivity contribution is 8.00. The molecule has 0 unspecified atom stereocenters. The van der Waals surface area contributed by atoms with Gasteiger partial charge in [0, 0.05) is 11.1 Å². The average molecular weight is 406 g/mol. The second kappa shape index (κ2) is 7.16. The molecule has 0 spiro atoms. The van der Waals surface area contributed by atoms with Crippen LogP contribution in [0.1, 0.15) is 20.5 Å². The van der Waals surface area contributed by atoms with Crippen LogP contribution in [0.3, 0.4) is 0 Å². The predicted molar refractivity (Wildman–Crippen MR) is 104 cm³/mol. The van der Waals surface area contributed by atoms with Gasteiger partial charge in [-0.1, -0.05) is 35.2 Å². The molecule has 0 aliphatic heterocycles. The summed E-state index contributed by atoms with van der Waals surface area (Å²) >= 11 is 5.90. The summed E-state index contributed by atoms with van der Waals surface area (Å²) in [6, 6.07) is 7.67. The summed E-state index contributed by atoms with van der Waals surface area (Å²) in [7, 11) is 0. The zero-order chi connectivity index (χ0) is 17.2. The first-order valence-corrected chi connectivity index (χ1v) is 10.7. The molecule has 3 heterocycles. The zero-order valence-corrected chi connectivity index (χ0v) is 16.2. The molecule has 126 valence electrons. The highest BCUT2D eigenvalue weighted by atomic mass is 32.2. The van der Waals surface area contributed by atoms with Crippen LogP contribution in [0.4, 0.5) is 5.13 Å². The number of nitrogens with zero attached hydrogens (tertiary/aromatic N) is 4. The minimum absolute atomic E-state index is 0.260. The van der Waals surface area contributed by atoms with Gasteiger partial charge in [0.1, 0.15) is 0 Å². The zero-order valence-electron chi connectivity index (χ0n) is 12.9. The number of para-hydroxylation sites is 1. The van der Waals surface area contributed by atoms with Crippen molar-refractivity contribution in [3.63, 3.8) is 0 Å². The third-order valence-corrected chi connectivity index (χ3v) is 6.99. The Bertz CT molecular complexity index is 1000. The number of thioether (sulfide) groups is 1. The Hall–Kier alpha value is -1.88. The monoisotopic (exact) mass is 405 g/mol. The highest BCUT2D eigenvalue weighted by Gasteiger charge is 2.15. The maximum absolute atomic E-state index is 12.3. The smallest absolute Gasteiger partial charge is 0.286 e. The van der Waals surface area contributed by atoms with Gasteiger partial charge in [0.2, 0.25) is 5.13 Å². The molecule has 0 radical (unpaired) electrons. The summed E-state index contributed by atoms with van der Waals surface area (Å²) < 4.78 is 1.78. The molecule has 4 aromatic rings. The van der Waals surface area contributed by atoms with Crippen LogP contribution < -0.4 is 5.32 Å². The molecule has 0 aliphatic carbocycles. The van der Waals surface area contributed by atoms with Crippen LogP contribution in [0.15, 0.2) is 34.0 Å². The number of fused-ring (bicyclic) bond motifs is 1. The molecule has 0 atom stereocenters. The molecular formula is C15H11N5OS4. The minimum Gasteiger partial charge on any atom is -0.294 e. The number of amides is 1. The fraction of sp³-hybridized carbons (Fsp3) is 0.133. The Labute approximate surface area is 159 Å². The SMILES string of the molecule is Cc1nc(CSc2nnc(NC(=O)c3nc4ccccc4s3)s2)cs1. The van der Waals surface area contributed by atoms with Crippen LogP contribution in [-0.4, -0.2) is 26.1 Å². The lowest BCUT2D eigenvalue weighted by Gasteiger charge is -1.95. The molecule has 0 bridgehead atoms. The molecule has 25 heavy (non-hydrogen) atoms. The van der Waals surface area contributed by atoms with E-state index in [1.165, 1.54) is 22.7 Å². The normalized spacial score (nSPS) is 11.1. The minimum atomic E-state index is -0.260. The number of aryl methyl sites for hydroxylation is 1. The molecule has 0 fully saturated rings. The van der Waals surface area contributed by atoms with E-state index in [0.717, 1.165) is 31.0 Å². The Balaban J connectivity index is 1.40. The lowest BCUT2D eigenvalue weighted by molar-refractivity contribution is 0.102. The topological polar surface area (TPSA) is 80.7 Å². The average Bonchev–Trinajstić information content (AvgIpc) is 3.32. The van der Waals surface area contributed by atoms with E-state index >= 15 is 0 Å². The van der Waals surface area contributed by atoms with Gasteiger partial charge in [-0.25, -0.2) is 9.97 Å². The van der Waals surface area contributed by atoms with Crippen LogP contribution in [0.2, 0.25) is 0 Å². The van der Waals surface area contributed by atoms with E-state index < -0.39 is 0 Å². The van der Waals surface area contributed by atoms with Crippen LogP contribution in [0.25, 0.3) is 10.2 Å². The van der Waals surface area contributed by atoms with Gasteiger partial charge >= 0.3 is 0 Å². The maximum Gasteiger partial charge on any atom is 0.286 e. The standard InChI is InChI=1S/C15H11N5OS4/c1-8-16-9(6-22-8)7-23-15-20-19-14(25-15)18-12(21)13-17-10-4-2-3-5-11(10)24-13/h2-6H,7H2,1H3,(H,18,19,21). The number of anilines is 1. The number of thiazole rings is 2. The van der Waals surface area contributed by atoms with Gasteiger partial charge in [0.15, 0.2) is 9.35 Å². The second-order valence-electron chi connectivity index (χ2n) is 4.96. The van der Waals surface area contributed by atoms with E-state index in [-0.39, 0.29) is 5.91 Å². The third-order valence-electron chi connectivity index (χ3n) is 3.13. The predicted octanol–water partition coefficient (Wildman–Crippen LogP) is 4.46. The first kappa shape index (κ1) is 16.6. The van der Waals surface area contributed by atoms with Gasteiger partial charge in [-0.3, -0.25) is 10.1 Å². The van der Waals surface area contributed by atoms with E-state index in [4.69, 9.17) is 0 Å². The summed E-state index contributed by atoms with van der Waals surface area (Å²) in [4.78, 5) is 21.1. The van der Waals surface area contributed by atoms with Gasteiger partial charge in [0.05, 0.1) is 20.9 Å². The van der Waals surface area contributed by atoms with Gasteiger partial charge < -0.3 is 0 Å². The molecular weight excluding hydrogens is 394 g/mol. The highest BCUT2D eigenvalue weighted by Crippen LogP contribution is 2.29. The molecule has 1 N–H and O–H groups in total. The molecule has 1 aromatic carbocycles. The van der Waals surface area contributed by atoms with Crippen molar-refractivity contribution in [3.05, 3.63) is 45.4 Å². The second-order valence-corrected chi connectivity index (χ2v) is 9.25. The summed E-state index contributed by atoms with van der Waals surface area (Å²) in [6.45, 7) is 1.99. The summed E-state index contributed by atoms with van der Waals surface area (Å²) in [5.41, 5.74) is 1.85. The number of carbonyl (C=O) groups excluding carboxylic acids is 1. The summed E-state index contributed by atoms with van der Waals surface area (Å²) in [5.74, 6) is 0.481. The Morgan fingerprint density at radius 1 is 1.20 bits per heavy atom. The van der Waals surface area contributed by atoms with Crippen molar-refractivity contribution in [1.29, 1.82) is 0 Å². The molecule has 0 saturated carbocycles. The Morgan fingerprint density at radius 3 is 2.88 bits per heavy atom. The van der Waals surface area contributed by atoms with E-state index in [1.54, 1.807) is 23.1 Å². The van der Waals surface area contributed by atoms with Crippen molar-refractivity contribution in [3.8, 4) is 0 Å². The van der Waals surface area contributed by atoms with Gasteiger partial charge in [-0.05, 0) is 19.1 Å². The molecule has 4 rings (SSSR count). The van der Waals surface area contributed by atoms with Crippen LogP contribution in [0.5, 0.6) is 0 Å².